The van der Waals surface area contributed by atoms with Gasteiger partial charge in [-0.25, -0.2) is 43.2 Å². The number of hydrogen-bond donors (Lipinski definition) is 0. The lowest BCUT2D eigenvalue weighted by molar-refractivity contribution is -0.0397. The van der Waals surface area contributed by atoms with E-state index >= 15 is 0 Å². The van der Waals surface area contributed by atoms with Crippen LogP contribution in [0.3, 0.4) is 0 Å². The van der Waals surface area contributed by atoms with Crippen molar-refractivity contribution in [3.8, 4) is 0 Å². The van der Waals surface area contributed by atoms with E-state index in [0.717, 1.165) is 215 Å². The maximum absolute atomic E-state index is 11.4. The molecule has 866 valence electrons. The first-order valence-corrected chi connectivity index (χ1v) is 54.7. The van der Waals surface area contributed by atoms with Crippen molar-refractivity contribution in [2.75, 3.05) is 238 Å². The third-order valence-electron chi connectivity index (χ3n) is 22.4. The van der Waals surface area contributed by atoms with Crippen LogP contribution < -0.4 is 0 Å². The number of piperazine rings is 1. The summed E-state index contributed by atoms with van der Waals surface area (Å²) in [6, 6.07) is 3.93. The number of carbonyl (C=O) groups is 9. The zero-order valence-electron chi connectivity index (χ0n) is 98.3. The number of aromatic nitrogens is 1. The molecule has 8 aliphatic heterocycles. The Morgan fingerprint density at radius 3 is 0.885 bits per heavy atom. The number of likely N-dealkylation sites (N-methyl/N-ethyl adjacent to an activating group) is 2. The minimum atomic E-state index is -0.597. The molecule has 0 N–H and O–H groups in total. The normalized spacial score (nSPS) is 18.6. The van der Waals surface area contributed by atoms with Crippen LogP contribution in [-0.4, -0.2) is 405 Å². The fraction of sp³-hybridized carbons (Fsp3) is 0.882. The van der Waals surface area contributed by atoms with E-state index < -0.39 is 100 Å². The average molecular weight is 2120 g/mol. The number of hydrogen-bond acceptors (Lipinski definition) is 37. The number of rotatable bonds is 28. The Morgan fingerprint density at radius 1 is 0.270 bits per heavy atom. The number of nitrogens with zero attached hydrogens (tertiary/aromatic N) is 10. The molecule has 1 aromatic rings. The minimum absolute atomic E-state index is 0.00477. The first-order chi connectivity index (χ1) is 68.8. The summed E-state index contributed by atoms with van der Waals surface area (Å²) in [7, 11) is 6.23. The standard InChI is InChI=1S/C14H27NO3.C13H26N2O3.2C13H25NO3.C12H23NO4.C12H19NO3.C12H23NO3.C11H21NO3.C10H19NO3/c1-5-15-8-6-7-12(9-15)10-17-13(16)18-11-14(2,3)4;1-13(2,3)18-12(16)17-11-5-6-15-9-7-14(4)8-10-15;2*1-13(2,3)17-12(15)16-11-7-10-14-8-5-4-6-9-14;1-12(2,3)17-11(14)16-8-4-5-13-6-9-15-10-7-13;1-12(2,3)16-11(14)15-10-6-9-13-7-4-5-8-13;1-5-13-8-6-10(7-9-13)15-11(14)16-12(2,3)4;1-11(2,3)15-10(13)14-9-5-7-12(4)8-6-9;1-10(2,3)14-9(12)13-8-5-6-11(4)7-8/h12H,5-11H2,1-4H3;5-11H2,1-4H3;2*4-11H2,1-3H3;4-10H2,1-3H3;4-5,7-8H,6,9-10H2,1-3H3;10H,5-9H2,1-4H3;9H,5-8H2,1-4H3;8H,5-7H2,1-4H3. The first kappa shape index (κ1) is 138. The Balaban J connectivity index is 0.000000833. The van der Waals surface area contributed by atoms with Crippen LogP contribution in [0.1, 0.15) is 316 Å². The van der Waals surface area contributed by atoms with Gasteiger partial charge in [-0.05, 0) is 353 Å². The molecule has 8 saturated heterocycles. The van der Waals surface area contributed by atoms with Crippen LogP contribution in [0.15, 0.2) is 24.5 Å². The van der Waals surface area contributed by atoms with Crippen molar-refractivity contribution in [2.24, 2.45) is 11.3 Å². The van der Waals surface area contributed by atoms with Crippen LogP contribution in [0.4, 0.5) is 43.2 Å². The van der Waals surface area contributed by atoms with Crippen LogP contribution in [0.25, 0.3) is 0 Å². The van der Waals surface area contributed by atoms with Gasteiger partial charge in [0.2, 0.25) is 0 Å². The summed E-state index contributed by atoms with van der Waals surface area (Å²) in [5.41, 5.74) is -3.81. The van der Waals surface area contributed by atoms with Crippen molar-refractivity contribution in [1.29, 1.82) is 0 Å². The quantitative estimate of drug-likeness (QED) is 0.0427. The second-order valence-electron chi connectivity index (χ2n) is 48.0. The predicted octanol–water partition coefficient (Wildman–Crippen LogP) is 20.7. The minimum Gasteiger partial charge on any atom is -0.434 e. The second-order valence-corrected chi connectivity index (χ2v) is 48.0. The maximum atomic E-state index is 11.4. The summed E-state index contributed by atoms with van der Waals surface area (Å²) in [5.74, 6) is 0.459. The fourth-order valence-electron chi connectivity index (χ4n) is 15.1. The molecule has 0 spiro atoms. The van der Waals surface area contributed by atoms with Crippen LogP contribution in [-0.2, 0) is 96.5 Å². The van der Waals surface area contributed by atoms with Gasteiger partial charge in [-0.15, -0.1) is 0 Å². The molecule has 0 amide bonds. The van der Waals surface area contributed by atoms with E-state index in [4.69, 9.17) is 90.0 Å². The van der Waals surface area contributed by atoms with E-state index in [1.165, 1.54) is 77.7 Å². The van der Waals surface area contributed by atoms with Crippen molar-refractivity contribution in [2.45, 2.75) is 386 Å². The van der Waals surface area contributed by atoms with Gasteiger partial charge in [0.1, 0.15) is 63.1 Å². The number of likely N-dealkylation sites (tertiary alicyclic amines) is 6. The van der Waals surface area contributed by atoms with E-state index in [9.17, 15) is 43.2 Å². The molecular weight excluding hydrogens is 1910 g/mol. The molecule has 0 bridgehead atoms. The maximum Gasteiger partial charge on any atom is 0.509 e. The summed E-state index contributed by atoms with van der Waals surface area (Å²) < 4.78 is 98.7. The van der Waals surface area contributed by atoms with Crippen molar-refractivity contribution in [3.63, 3.8) is 0 Å². The van der Waals surface area contributed by atoms with Gasteiger partial charge in [0, 0.05) is 136 Å². The largest absolute Gasteiger partial charge is 0.509 e. The van der Waals surface area contributed by atoms with Crippen LogP contribution in [0.5, 0.6) is 0 Å². The molecule has 8 fully saturated rings. The van der Waals surface area contributed by atoms with E-state index in [1.807, 2.05) is 223 Å². The number of piperidine rings is 5. The third kappa shape index (κ3) is 85.8. The summed E-state index contributed by atoms with van der Waals surface area (Å²) in [6.45, 7) is 84.9. The molecule has 2 atom stereocenters. The number of morpholine rings is 1. The molecule has 9 heterocycles. The highest BCUT2D eigenvalue weighted by Gasteiger charge is 2.32. The Hall–Kier alpha value is -7.69. The average Bonchev–Trinajstić information content (AvgIpc) is 1.78. The van der Waals surface area contributed by atoms with E-state index in [-0.39, 0.29) is 23.7 Å². The van der Waals surface area contributed by atoms with Crippen molar-refractivity contribution < 1.29 is 133 Å². The van der Waals surface area contributed by atoms with Gasteiger partial charge in [0.25, 0.3) is 0 Å². The summed E-state index contributed by atoms with van der Waals surface area (Å²) in [6.07, 6.45) is 18.0. The van der Waals surface area contributed by atoms with Gasteiger partial charge in [-0.1, -0.05) is 47.5 Å². The van der Waals surface area contributed by atoms with Gasteiger partial charge in [-0.2, -0.15) is 0 Å². The molecular formula is C110H208N10O28. The molecule has 0 radical (unpaired) electrons. The predicted molar refractivity (Wildman–Crippen MR) is 575 cm³/mol. The van der Waals surface area contributed by atoms with Gasteiger partial charge in [0.05, 0.1) is 59.5 Å². The Kier molecular flexibility index (Phi) is 68.8. The number of aryl methyl sites for hydroxylation is 1. The topological polar surface area (TPSA) is 363 Å². The van der Waals surface area contributed by atoms with E-state index in [0.29, 0.717) is 52.2 Å². The third-order valence-corrected chi connectivity index (χ3v) is 22.4. The van der Waals surface area contributed by atoms with E-state index in [1.54, 1.807) is 0 Å². The van der Waals surface area contributed by atoms with Crippen molar-refractivity contribution >= 4 is 55.4 Å². The molecule has 2 unspecified atom stereocenters. The monoisotopic (exact) mass is 2120 g/mol. The molecule has 0 saturated carbocycles. The van der Waals surface area contributed by atoms with Gasteiger partial charge in [0.15, 0.2) is 0 Å². The van der Waals surface area contributed by atoms with Crippen LogP contribution in [0.2, 0.25) is 0 Å². The van der Waals surface area contributed by atoms with Gasteiger partial charge in [-0.3, -0.25) is 4.90 Å². The molecule has 9 rings (SSSR count). The Morgan fingerprint density at radius 2 is 0.561 bits per heavy atom. The molecule has 38 heteroatoms. The lowest BCUT2D eigenvalue weighted by atomic mass is 9.99. The second kappa shape index (κ2) is 73.6. The van der Waals surface area contributed by atoms with Gasteiger partial charge < -0.3 is 134 Å². The Bertz CT molecular complexity index is 3530. The molecule has 1 aromatic heterocycles. The summed E-state index contributed by atoms with van der Waals surface area (Å²) >= 11 is 0. The summed E-state index contributed by atoms with van der Waals surface area (Å²) in [5, 5.41) is 0. The van der Waals surface area contributed by atoms with Crippen LogP contribution >= 0.6 is 0 Å². The smallest absolute Gasteiger partial charge is 0.434 e. The molecule has 148 heavy (non-hydrogen) atoms. The molecule has 0 aromatic carbocycles. The number of ether oxygens (including phenoxy) is 19. The van der Waals surface area contributed by atoms with Gasteiger partial charge >= 0.3 is 55.4 Å². The molecule has 0 aliphatic carbocycles. The lowest BCUT2D eigenvalue weighted by Crippen LogP contribution is -2.44. The molecule has 8 aliphatic rings. The first-order valence-electron chi connectivity index (χ1n) is 54.7. The molecule has 38 nitrogen and oxygen atoms in total. The van der Waals surface area contributed by atoms with Crippen LogP contribution in [0, 0.1) is 11.3 Å². The zero-order valence-corrected chi connectivity index (χ0v) is 98.3. The SMILES string of the molecule is CC(C)(C)OC(=O)OCCCN1CCCCC1.CC(C)(C)OC(=O)OCCCN1CCCCC1.CC(C)(C)OC(=O)OCCCN1CCOCC1.CC(C)(C)OC(=O)OCCCn1cccc1.CCN1CCC(OC(=O)OC(C)(C)C)CC1.CCN1CCCC(COC(=O)OCC(C)(C)C)C1.CN1CCC(OC(=O)OC(C)(C)C)C1.CN1CCC(OC(=O)OC(C)(C)C)CC1.CN1CCN(CCCOC(=O)OC(C)(C)C)CC1. The lowest BCUT2D eigenvalue weighted by Gasteiger charge is -2.32. The highest BCUT2D eigenvalue weighted by molar-refractivity contribution is 5.63. The zero-order chi connectivity index (χ0) is 112. The number of carbonyl (C=O) groups excluding carboxylic acids is 9. The fourth-order valence-corrected chi connectivity index (χ4v) is 15.1. The van der Waals surface area contributed by atoms with E-state index in [2.05, 4.69) is 72.0 Å². The highest BCUT2D eigenvalue weighted by Crippen LogP contribution is 2.24. The highest BCUT2D eigenvalue weighted by atomic mass is 16.8. The Labute approximate surface area is 892 Å². The van der Waals surface area contributed by atoms with Crippen molar-refractivity contribution in [1.82, 2.24) is 48.7 Å². The summed E-state index contributed by atoms with van der Waals surface area (Å²) in [4.78, 5) is 123. The van der Waals surface area contributed by atoms with Crippen molar-refractivity contribution in [3.05, 3.63) is 24.5 Å².